The van der Waals surface area contributed by atoms with E-state index >= 15 is 0 Å². The topological polar surface area (TPSA) is 58.4 Å². The lowest BCUT2D eigenvalue weighted by atomic mass is 9.91. The molecule has 3 N–H and O–H groups in total. The number of carbonyl (C=O) groups excluding carboxylic acids is 1. The van der Waals surface area contributed by atoms with Gasteiger partial charge in [-0.2, -0.15) is 0 Å². The van der Waals surface area contributed by atoms with Crippen LogP contribution in [0.3, 0.4) is 0 Å². The van der Waals surface area contributed by atoms with Gasteiger partial charge in [0.2, 0.25) is 5.91 Å². The molecular formula is C13H28ClN3O. The van der Waals surface area contributed by atoms with Crippen molar-refractivity contribution in [2.75, 3.05) is 19.6 Å². The number of piperidine rings is 1. The molecule has 0 spiro atoms. The van der Waals surface area contributed by atoms with Gasteiger partial charge in [-0.25, -0.2) is 0 Å². The fraction of sp³-hybridized carbons (Fsp3) is 0.923. The molecule has 1 aliphatic rings. The molecule has 0 aliphatic carbocycles. The molecule has 0 aromatic carbocycles. The van der Waals surface area contributed by atoms with Crippen LogP contribution in [0.5, 0.6) is 0 Å². The second kappa shape index (κ2) is 8.73. The highest BCUT2D eigenvalue weighted by Crippen LogP contribution is 2.20. The number of hydrogen-bond acceptors (Lipinski definition) is 3. The fourth-order valence-electron chi connectivity index (χ4n) is 2.38. The minimum Gasteiger partial charge on any atom is -0.355 e. The van der Waals surface area contributed by atoms with E-state index in [2.05, 4.69) is 24.1 Å². The second-order valence-corrected chi connectivity index (χ2v) is 5.22. The molecule has 1 amide bonds. The van der Waals surface area contributed by atoms with Crippen LogP contribution in [-0.2, 0) is 4.79 Å². The van der Waals surface area contributed by atoms with E-state index in [4.69, 9.17) is 5.73 Å². The smallest absolute Gasteiger partial charge is 0.237 e. The first-order valence-corrected chi connectivity index (χ1v) is 6.83. The van der Waals surface area contributed by atoms with Gasteiger partial charge in [0.05, 0.1) is 6.04 Å². The zero-order valence-electron chi connectivity index (χ0n) is 11.8. The standard InChI is InChI=1S/C13H27N3O.ClH/c1-4-7-15-13(17)11(3)16-8-5-6-12(9-16)10(2)14;/h10-12H,4-9,14H2,1-3H3,(H,15,17);1H. The average molecular weight is 278 g/mol. The summed E-state index contributed by atoms with van der Waals surface area (Å²) in [7, 11) is 0. The molecule has 1 rings (SSSR count). The Morgan fingerprint density at radius 2 is 2.17 bits per heavy atom. The van der Waals surface area contributed by atoms with Gasteiger partial charge in [0, 0.05) is 19.1 Å². The zero-order chi connectivity index (χ0) is 12.8. The van der Waals surface area contributed by atoms with Crippen molar-refractivity contribution >= 4 is 18.3 Å². The van der Waals surface area contributed by atoms with E-state index in [0.717, 1.165) is 32.5 Å². The summed E-state index contributed by atoms with van der Waals surface area (Å²) in [5.41, 5.74) is 5.96. The van der Waals surface area contributed by atoms with Crippen LogP contribution in [0.2, 0.25) is 0 Å². The van der Waals surface area contributed by atoms with Crippen molar-refractivity contribution in [2.45, 2.75) is 52.1 Å². The zero-order valence-corrected chi connectivity index (χ0v) is 12.6. The van der Waals surface area contributed by atoms with E-state index in [0.29, 0.717) is 5.92 Å². The summed E-state index contributed by atoms with van der Waals surface area (Å²) in [6.45, 7) is 8.87. The molecule has 0 saturated carbocycles. The van der Waals surface area contributed by atoms with Gasteiger partial charge in [0.25, 0.3) is 0 Å². The molecule has 4 nitrogen and oxygen atoms in total. The van der Waals surface area contributed by atoms with Gasteiger partial charge in [-0.05, 0) is 45.6 Å². The van der Waals surface area contributed by atoms with Gasteiger partial charge in [-0.15, -0.1) is 12.4 Å². The van der Waals surface area contributed by atoms with Gasteiger partial charge in [0.1, 0.15) is 0 Å². The molecule has 0 aromatic rings. The normalized spacial score (nSPS) is 23.9. The third kappa shape index (κ3) is 5.12. The maximum atomic E-state index is 11.9. The van der Waals surface area contributed by atoms with Crippen molar-refractivity contribution in [3.8, 4) is 0 Å². The van der Waals surface area contributed by atoms with Crippen LogP contribution < -0.4 is 11.1 Å². The third-order valence-electron chi connectivity index (χ3n) is 3.71. The summed E-state index contributed by atoms with van der Waals surface area (Å²) >= 11 is 0. The molecular weight excluding hydrogens is 250 g/mol. The number of amides is 1. The van der Waals surface area contributed by atoms with Gasteiger partial charge in [-0.1, -0.05) is 6.92 Å². The number of rotatable bonds is 5. The Bertz CT molecular complexity index is 248. The highest BCUT2D eigenvalue weighted by atomic mass is 35.5. The lowest BCUT2D eigenvalue weighted by molar-refractivity contribution is -0.126. The maximum Gasteiger partial charge on any atom is 0.237 e. The summed E-state index contributed by atoms with van der Waals surface area (Å²) in [5, 5.41) is 2.96. The Morgan fingerprint density at radius 3 is 2.72 bits per heavy atom. The molecule has 108 valence electrons. The highest BCUT2D eigenvalue weighted by Gasteiger charge is 2.28. The van der Waals surface area contributed by atoms with Crippen LogP contribution in [0.15, 0.2) is 0 Å². The first-order chi connectivity index (χ1) is 8.06. The van der Waals surface area contributed by atoms with Crippen molar-refractivity contribution in [1.29, 1.82) is 0 Å². The second-order valence-electron chi connectivity index (χ2n) is 5.22. The van der Waals surface area contributed by atoms with E-state index in [1.807, 2.05) is 6.92 Å². The molecule has 1 fully saturated rings. The molecule has 3 atom stereocenters. The summed E-state index contributed by atoms with van der Waals surface area (Å²) in [4.78, 5) is 14.2. The van der Waals surface area contributed by atoms with Crippen LogP contribution in [-0.4, -0.2) is 42.5 Å². The molecule has 0 radical (unpaired) electrons. The van der Waals surface area contributed by atoms with Crippen molar-refractivity contribution in [3.05, 3.63) is 0 Å². The number of nitrogens with zero attached hydrogens (tertiary/aromatic N) is 1. The van der Waals surface area contributed by atoms with E-state index < -0.39 is 0 Å². The minimum atomic E-state index is -0.0249. The Labute approximate surface area is 117 Å². The van der Waals surface area contributed by atoms with Crippen molar-refractivity contribution in [1.82, 2.24) is 10.2 Å². The number of likely N-dealkylation sites (tertiary alicyclic amines) is 1. The molecule has 18 heavy (non-hydrogen) atoms. The number of carbonyl (C=O) groups is 1. The Hall–Kier alpha value is -0.320. The molecule has 0 bridgehead atoms. The van der Waals surface area contributed by atoms with Crippen molar-refractivity contribution < 1.29 is 4.79 Å². The van der Waals surface area contributed by atoms with Gasteiger partial charge in [0.15, 0.2) is 0 Å². The van der Waals surface area contributed by atoms with E-state index in [9.17, 15) is 4.79 Å². The summed E-state index contributed by atoms with van der Waals surface area (Å²) < 4.78 is 0. The molecule has 0 aromatic heterocycles. The maximum absolute atomic E-state index is 11.9. The number of halogens is 1. The molecule has 1 heterocycles. The molecule has 1 saturated heterocycles. The van der Waals surface area contributed by atoms with Crippen LogP contribution in [0.1, 0.15) is 40.0 Å². The third-order valence-corrected chi connectivity index (χ3v) is 3.71. The first-order valence-electron chi connectivity index (χ1n) is 6.83. The average Bonchev–Trinajstić information content (AvgIpc) is 2.35. The van der Waals surface area contributed by atoms with Crippen molar-refractivity contribution in [3.63, 3.8) is 0 Å². The van der Waals surface area contributed by atoms with E-state index in [-0.39, 0.29) is 30.4 Å². The van der Waals surface area contributed by atoms with Crippen molar-refractivity contribution in [2.24, 2.45) is 11.7 Å². The fourth-order valence-corrected chi connectivity index (χ4v) is 2.38. The largest absolute Gasteiger partial charge is 0.355 e. The summed E-state index contributed by atoms with van der Waals surface area (Å²) in [6, 6.07) is 0.201. The van der Waals surface area contributed by atoms with Gasteiger partial charge in [-0.3, -0.25) is 9.69 Å². The Morgan fingerprint density at radius 1 is 1.50 bits per heavy atom. The van der Waals surface area contributed by atoms with Crippen LogP contribution in [0, 0.1) is 5.92 Å². The van der Waals surface area contributed by atoms with Crippen LogP contribution >= 0.6 is 12.4 Å². The summed E-state index contributed by atoms with van der Waals surface area (Å²) in [6.07, 6.45) is 3.33. The van der Waals surface area contributed by atoms with Crippen LogP contribution in [0.25, 0.3) is 0 Å². The Kier molecular flexibility index (Phi) is 8.57. The quantitative estimate of drug-likeness (QED) is 0.798. The van der Waals surface area contributed by atoms with E-state index in [1.165, 1.54) is 6.42 Å². The number of hydrogen-bond donors (Lipinski definition) is 2. The van der Waals surface area contributed by atoms with Crippen LogP contribution in [0.4, 0.5) is 0 Å². The minimum absolute atomic E-state index is 0. The molecule has 3 unspecified atom stereocenters. The van der Waals surface area contributed by atoms with E-state index in [1.54, 1.807) is 0 Å². The molecule has 1 aliphatic heterocycles. The highest BCUT2D eigenvalue weighted by molar-refractivity contribution is 5.85. The van der Waals surface area contributed by atoms with Gasteiger partial charge < -0.3 is 11.1 Å². The summed E-state index contributed by atoms with van der Waals surface area (Å²) in [5.74, 6) is 0.683. The lowest BCUT2D eigenvalue weighted by Gasteiger charge is -2.37. The Balaban J connectivity index is 0.00000289. The monoisotopic (exact) mass is 277 g/mol. The predicted octanol–water partition coefficient (Wildman–Crippen LogP) is 1.38. The number of nitrogens with two attached hydrogens (primary N) is 1. The SMILES string of the molecule is CCCNC(=O)C(C)N1CCCC(C(C)N)C1.Cl. The molecule has 5 heteroatoms. The number of nitrogens with one attached hydrogen (secondary N) is 1. The first kappa shape index (κ1) is 17.7. The predicted molar refractivity (Wildman–Crippen MR) is 78.0 cm³/mol. The van der Waals surface area contributed by atoms with Gasteiger partial charge >= 0.3 is 0 Å². The lowest BCUT2D eigenvalue weighted by Crippen LogP contribution is -2.51.